The van der Waals surface area contributed by atoms with E-state index in [2.05, 4.69) is 4.90 Å². The Morgan fingerprint density at radius 2 is 1.92 bits per heavy atom. The summed E-state index contributed by atoms with van der Waals surface area (Å²) in [7, 11) is 4.01. The third kappa shape index (κ3) is 15.2. The first-order valence-electron chi connectivity index (χ1n) is 3.67. The molecule has 0 bridgehead atoms. The summed E-state index contributed by atoms with van der Waals surface area (Å²) in [4.78, 5) is 2.07. The molecular weight excluding hydrogens is 231 g/mol. The molecule has 0 unspecified atom stereocenters. The topological polar surface area (TPSA) is 38.5 Å². The first kappa shape index (κ1) is 19.0. The zero-order valence-electron chi connectivity index (χ0n) is 7.99. The van der Waals surface area contributed by atoms with E-state index in [1.165, 1.54) is 0 Å². The molecule has 0 aromatic rings. The molecular formula is C7H18Cl2N2OS. The number of rotatable bonds is 5. The molecule has 3 nitrogen and oxygen atoms in total. The van der Waals surface area contributed by atoms with Crippen LogP contribution in [0.25, 0.3) is 0 Å². The second kappa shape index (κ2) is 12.4. The third-order valence-electron chi connectivity index (χ3n) is 1.14. The van der Waals surface area contributed by atoms with Crippen molar-refractivity contribution in [1.29, 1.82) is 0 Å². The molecule has 6 heteroatoms. The van der Waals surface area contributed by atoms with E-state index in [9.17, 15) is 0 Å². The number of nitrogens with two attached hydrogens (primary N) is 1. The highest BCUT2D eigenvalue weighted by Gasteiger charge is 1.97. The van der Waals surface area contributed by atoms with E-state index in [1.54, 1.807) is 0 Å². The standard InChI is InChI=1S/C7H16N2OS.2ClH/c1-9(2)5-3-7(11)10-6-4-8;;/h3-6,8H2,1-2H3;2*1H. The molecule has 13 heavy (non-hydrogen) atoms. The van der Waals surface area contributed by atoms with Crippen LogP contribution >= 0.6 is 37.0 Å². The van der Waals surface area contributed by atoms with Gasteiger partial charge in [-0.3, -0.25) is 0 Å². The van der Waals surface area contributed by atoms with E-state index in [0.29, 0.717) is 18.2 Å². The molecule has 0 aliphatic heterocycles. The van der Waals surface area contributed by atoms with Crippen molar-refractivity contribution < 1.29 is 4.74 Å². The summed E-state index contributed by atoms with van der Waals surface area (Å²) in [5, 5.41) is 0.657. The molecule has 0 aliphatic rings. The number of ether oxygens (including phenoxy) is 1. The van der Waals surface area contributed by atoms with Gasteiger partial charge in [-0.1, -0.05) is 0 Å². The Morgan fingerprint density at radius 1 is 1.38 bits per heavy atom. The second-order valence-corrected chi connectivity index (χ2v) is 3.02. The quantitative estimate of drug-likeness (QED) is 0.740. The Morgan fingerprint density at radius 3 is 2.31 bits per heavy atom. The van der Waals surface area contributed by atoms with Gasteiger partial charge in [-0.25, -0.2) is 0 Å². The van der Waals surface area contributed by atoms with Gasteiger partial charge in [0, 0.05) is 19.5 Å². The highest BCUT2D eigenvalue weighted by Crippen LogP contribution is 1.90. The van der Waals surface area contributed by atoms with Gasteiger partial charge >= 0.3 is 0 Å². The van der Waals surface area contributed by atoms with Crippen molar-refractivity contribution in [1.82, 2.24) is 4.90 Å². The minimum absolute atomic E-state index is 0. The maximum Gasteiger partial charge on any atom is 0.161 e. The Kier molecular flexibility index (Phi) is 18.1. The lowest BCUT2D eigenvalue weighted by atomic mass is 10.4. The van der Waals surface area contributed by atoms with Crippen LogP contribution < -0.4 is 5.73 Å². The molecule has 82 valence electrons. The van der Waals surface area contributed by atoms with Gasteiger partial charge < -0.3 is 15.4 Å². The molecule has 0 aromatic carbocycles. The summed E-state index contributed by atoms with van der Waals surface area (Å²) >= 11 is 4.93. The van der Waals surface area contributed by atoms with Crippen LogP contribution in [-0.4, -0.2) is 43.7 Å². The van der Waals surface area contributed by atoms with Crippen LogP contribution in [0.5, 0.6) is 0 Å². The average Bonchev–Trinajstić information content (AvgIpc) is 1.97. The molecule has 0 atom stereocenters. The molecule has 0 saturated heterocycles. The van der Waals surface area contributed by atoms with Gasteiger partial charge in [-0.2, -0.15) is 0 Å². The molecule has 0 rings (SSSR count). The van der Waals surface area contributed by atoms with Gasteiger partial charge in [0.25, 0.3) is 0 Å². The maximum absolute atomic E-state index is 5.24. The number of nitrogens with zero attached hydrogens (tertiary/aromatic N) is 1. The van der Waals surface area contributed by atoms with Crippen molar-refractivity contribution in [3.63, 3.8) is 0 Å². The number of hydrogen-bond acceptors (Lipinski definition) is 4. The van der Waals surface area contributed by atoms with Crippen LogP contribution in [0.1, 0.15) is 6.42 Å². The van der Waals surface area contributed by atoms with Gasteiger partial charge in [0.1, 0.15) is 6.61 Å². The lowest BCUT2D eigenvalue weighted by Gasteiger charge is -2.10. The van der Waals surface area contributed by atoms with Crippen molar-refractivity contribution in [2.75, 3.05) is 33.8 Å². The monoisotopic (exact) mass is 248 g/mol. The largest absolute Gasteiger partial charge is 0.486 e. The van der Waals surface area contributed by atoms with Crippen LogP contribution in [0.4, 0.5) is 0 Å². The van der Waals surface area contributed by atoms with E-state index in [1.807, 2.05) is 14.1 Å². The fourth-order valence-corrected chi connectivity index (χ4v) is 0.734. The van der Waals surface area contributed by atoms with Crippen LogP contribution in [0, 0.1) is 0 Å². The molecule has 0 spiro atoms. The summed E-state index contributed by atoms with van der Waals surface area (Å²) in [5.41, 5.74) is 5.24. The van der Waals surface area contributed by atoms with Gasteiger partial charge in [0.2, 0.25) is 0 Å². The van der Waals surface area contributed by atoms with Crippen LogP contribution in [0.15, 0.2) is 0 Å². The van der Waals surface area contributed by atoms with Crippen molar-refractivity contribution >= 4 is 42.1 Å². The number of halogens is 2. The predicted octanol–water partition coefficient (Wildman–Crippen LogP) is 1.08. The lowest BCUT2D eigenvalue weighted by molar-refractivity contribution is 0.306. The van der Waals surface area contributed by atoms with E-state index in [0.717, 1.165) is 13.0 Å². The minimum Gasteiger partial charge on any atom is -0.486 e. The highest BCUT2D eigenvalue weighted by atomic mass is 35.5. The highest BCUT2D eigenvalue weighted by molar-refractivity contribution is 7.80. The van der Waals surface area contributed by atoms with Crippen LogP contribution in [0.3, 0.4) is 0 Å². The van der Waals surface area contributed by atoms with Gasteiger partial charge in [-0.15, -0.1) is 24.8 Å². The number of hydrogen-bond donors (Lipinski definition) is 1. The molecule has 0 aromatic heterocycles. The van der Waals surface area contributed by atoms with E-state index in [-0.39, 0.29) is 24.8 Å². The molecule has 2 N–H and O–H groups in total. The van der Waals surface area contributed by atoms with Crippen molar-refractivity contribution in [3.8, 4) is 0 Å². The first-order chi connectivity index (χ1) is 5.16. The summed E-state index contributed by atoms with van der Waals surface area (Å²) in [6.07, 6.45) is 0.808. The number of thiocarbonyl (C=S) groups is 1. The Hall–Kier alpha value is 0.390. The maximum atomic E-state index is 5.24. The summed E-state index contributed by atoms with van der Waals surface area (Å²) in [6, 6.07) is 0. The van der Waals surface area contributed by atoms with E-state index < -0.39 is 0 Å². The fraction of sp³-hybridized carbons (Fsp3) is 0.857. The molecule has 0 amide bonds. The lowest BCUT2D eigenvalue weighted by Crippen LogP contribution is -2.19. The van der Waals surface area contributed by atoms with E-state index in [4.69, 9.17) is 22.7 Å². The van der Waals surface area contributed by atoms with E-state index >= 15 is 0 Å². The van der Waals surface area contributed by atoms with Crippen LogP contribution in [-0.2, 0) is 4.74 Å². The minimum atomic E-state index is 0. The summed E-state index contributed by atoms with van der Waals surface area (Å²) in [6.45, 7) is 2.00. The smallest absolute Gasteiger partial charge is 0.161 e. The normalized spacial score (nSPS) is 8.62. The van der Waals surface area contributed by atoms with Crippen LogP contribution in [0.2, 0.25) is 0 Å². The zero-order valence-corrected chi connectivity index (χ0v) is 10.4. The summed E-state index contributed by atoms with van der Waals surface area (Å²) < 4.78 is 5.12. The molecule has 0 radical (unpaired) electrons. The molecule has 0 heterocycles. The third-order valence-corrected chi connectivity index (χ3v) is 1.47. The Balaban J connectivity index is -0.000000500. The van der Waals surface area contributed by atoms with Gasteiger partial charge in [0.15, 0.2) is 5.05 Å². The average molecular weight is 249 g/mol. The SMILES string of the molecule is CN(C)CCC(=S)OCCN.Cl.Cl. The molecule has 0 fully saturated rings. The van der Waals surface area contributed by atoms with Crippen molar-refractivity contribution in [2.45, 2.75) is 6.42 Å². The first-order valence-corrected chi connectivity index (χ1v) is 4.08. The molecule has 0 aliphatic carbocycles. The Labute approximate surface area is 97.8 Å². The summed E-state index contributed by atoms with van der Waals surface area (Å²) in [5.74, 6) is 0. The van der Waals surface area contributed by atoms with Gasteiger partial charge in [-0.05, 0) is 26.3 Å². The zero-order chi connectivity index (χ0) is 8.69. The molecule has 0 saturated carbocycles. The Bertz CT molecular complexity index is 125. The van der Waals surface area contributed by atoms with Gasteiger partial charge in [0.05, 0.1) is 0 Å². The second-order valence-electron chi connectivity index (χ2n) is 2.56. The predicted molar refractivity (Wildman–Crippen MR) is 65.3 cm³/mol. The van der Waals surface area contributed by atoms with Crippen molar-refractivity contribution in [2.24, 2.45) is 5.73 Å². The fourth-order valence-electron chi connectivity index (χ4n) is 0.560. The van der Waals surface area contributed by atoms with Crippen molar-refractivity contribution in [3.05, 3.63) is 0 Å².